The topological polar surface area (TPSA) is 116 Å². The van der Waals surface area contributed by atoms with Gasteiger partial charge in [0.1, 0.15) is 11.6 Å². The van der Waals surface area contributed by atoms with Gasteiger partial charge in [-0.05, 0) is 25.8 Å². The Bertz CT molecular complexity index is 702. The fraction of sp³-hybridized carbons (Fsp3) is 0.444. The highest BCUT2D eigenvalue weighted by Crippen LogP contribution is 2.17. The van der Waals surface area contributed by atoms with Gasteiger partial charge in [-0.2, -0.15) is 0 Å². The van der Waals surface area contributed by atoms with Crippen LogP contribution in [0, 0.1) is 0 Å². The number of carbonyl (C=O) groups is 4. The second-order valence-electron chi connectivity index (χ2n) is 6.76. The minimum absolute atomic E-state index is 0.0239. The van der Waals surface area contributed by atoms with Gasteiger partial charge in [0.2, 0.25) is 5.91 Å². The van der Waals surface area contributed by atoms with E-state index in [1.807, 2.05) is 6.07 Å². The van der Waals surface area contributed by atoms with Crippen LogP contribution in [0.15, 0.2) is 30.3 Å². The molecule has 26 heavy (non-hydrogen) atoms. The molecule has 1 fully saturated rings. The first kappa shape index (κ1) is 19.4. The number of nitrogens with one attached hydrogen (secondary N) is 2. The van der Waals surface area contributed by atoms with Crippen molar-refractivity contribution in [2.24, 2.45) is 0 Å². The van der Waals surface area contributed by atoms with Crippen molar-refractivity contribution in [1.82, 2.24) is 15.5 Å². The van der Waals surface area contributed by atoms with Crippen LogP contribution in [0.5, 0.6) is 0 Å². The van der Waals surface area contributed by atoms with E-state index < -0.39 is 29.5 Å². The van der Waals surface area contributed by atoms with E-state index in [9.17, 15) is 24.3 Å². The zero-order valence-electron chi connectivity index (χ0n) is 14.8. The van der Waals surface area contributed by atoms with Gasteiger partial charge in [0.05, 0.1) is 0 Å². The number of amides is 4. The van der Waals surface area contributed by atoms with Crippen LogP contribution in [0.4, 0.5) is 4.79 Å². The average Bonchev–Trinajstić information content (AvgIpc) is 2.76. The molecule has 4 amide bonds. The summed E-state index contributed by atoms with van der Waals surface area (Å²) in [6, 6.07) is 7.51. The summed E-state index contributed by atoms with van der Waals surface area (Å²) in [4.78, 5) is 48.3. The predicted octanol–water partition coefficient (Wildman–Crippen LogP) is 0.909. The lowest BCUT2D eigenvalue weighted by molar-refractivity contribution is -0.141. The Labute approximate surface area is 151 Å². The van der Waals surface area contributed by atoms with Crippen LogP contribution in [0.2, 0.25) is 0 Å². The second-order valence-corrected chi connectivity index (χ2v) is 6.76. The zero-order valence-corrected chi connectivity index (χ0v) is 14.8. The Kier molecular flexibility index (Phi) is 5.97. The minimum atomic E-state index is -1.11. The molecule has 0 unspecified atom stereocenters. The Morgan fingerprint density at radius 3 is 2.42 bits per heavy atom. The lowest BCUT2D eigenvalue weighted by atomic mass is 10.1. The standard InChI is InChI=1S/C18H23N3O5/c1-18(2)16(25)21(17(26)20-18)10-6-9-14(22)19-13(15(23)24)11-12-7-4-3-5-8-12/h3-5,7-8,13H,6,9-11H2,1-2H3,(H,19,22)(H,20,26)(H,23,24)/t13-/m0/s1. The number of carbonyl (C=O) groups excluding carboxylic acids is 3. The zero-order chi connectivity index (χ0) is 19.3. The van der Waals surface area contributed by atoms with Crippen molar-refractivity contribution >= 4 is 23.8 Å². The van der Waals surface area contributed by atoms with Crippen LogP contribution in [0.1, 0.15) is 32.3 Å². The first-order valence-electron chi connectivity index (χ1n) is 8.41. The van der Waals surface area contributed by atoms with E-state index in [-0.39, 0.29) is 31.7 Å². The van der Waals surface area contributed by atoms with Crippen molar-refractivity contribution in [3.63, 3.8) is 0 Å². The molecule has 1 aliphatic heterocycles. The largest absolute Gasteiger partial charge is 0.480 e. The van der Waals surface area contributed by atoms with E-state index in [1.165, 1.54) is 0 Å². The number of hydrogen-bond donors (Lipinski definition) is 3. The number of hydrogen-bond acceptors (Lipinski definition) is 4. The summed E-state index contributed by atoms with van der Waals surface area (Å²) in [5, 5.41) is 14.3. The van der Waals surface area contributed by atoms with Crippen molar-refractivity contribution in [2.75, 3.05) is 6.54 Å². The van der Waals surface area contributed by atoms with Crippen molar-refractivity contribution in [3.05, 3.63) is 35.9 Å². The molecule has 0 aromatic heterocycles. The number of nitrogens with zero attached hydrogens (tertiary/aromatic N) is 1. The minimum Gasteiger partial charge on any atom is -0.480 e. The fourth-order valence-electron chi connectivity index (χ4n) is 2.74. The monoisotopic (exact) mass is 361 g/mol. The van der Waals surface area contributed by atoms with E-state index in [1.54, 1.807) is 38.1 Å². The van der Waals surface area contributed by atoms with Crippen molar-refractivity contribution in [1.29, 1.82) is 0 Å². The summed E-state index contributed by atoms with van der Waals surface area (Å²) in [5.41, 5.74) is -0.134. The maximum atomic E-state index is 12.0. The van der Waals surface area contributed by atoms with Crippen molar-refractivity contribution < 1.29 is 24.3 Å². The summed E-state index contributed by atoms with van der Waals surface area (Å²) >= 11 is 0. The molecule has 0 saturated carbocycles. The fourth-order valence-corrected chi connectivity index (χ4v) is 2.74. The summed E-state index contributed by atoms with van der Waals surface area (Å²) in [6.07, 6.45) is 0.470. The third-order valence-electron chi connectivity index (χ3n) is 4.15. The van der Waals surface area contributed by atoms with Gasteiger partial charge in [-0.25, -0.2) is 9.59 Å². The van der Waals surface area contributed by atoms with Gasteiger partial charge in [-0.3, -0.25) is 14.5 Å². The number of carboxylic acid groups (broad SMARTS) is 1. The smallest absolute Gasteiger partial charge is 0.326 e. The van der Waals surface area contributed by atoms with Crippen LogP contribution in [0.25, 0.3) is 0 Å². The molecule has 0 aliphatic carbocycles. The van der Waals surface area contributed by atoms with Gasteiger partial charge >= 0.3 is 12.0 Å². The molecular weight excluding hydrogens is 338 g/mol. The Morgan fingerprint density at radius 2 is 1.88 bits per heavy atom. The van der Waals surface area contributed by atoms with E-state index in [2.05, 4.69) is 10.6 Å². The van der Waals surface area contributed by atoms with Crippen LogP contribution in [0.3, 0.4) is 0 Å². The summed E-state index contributed by atoms with van der Waals surface area (Å²) in [7, 11) is 0. The maximum absolute atomic E-state index is 12.0. The number of rotatable bonds is 8. The molecule has 140 valence electrons. The third-order valence-corrected chi connectivity index (χ3v) is 4.15. The maximum Gasteiger partial charge on any atom is 0.326 e. The number of imide groups is 1. The lowest BCUT2D eigenvalue weighted by Crippen LogP contribution is -2.42. The van der Waals surface area contributed by atoms with Gasteiger partial charge in [0.15, 0.2) is 0 Å². The highest BCUT2D eigenvalue weighted by Gasteiger charge is 2.43. The van der Waals surface area contributed by atoms with Gasteiger partial charge in [0, 0.05) is 19.4 Å². The highest BCUT2D eigenvalue weighted by molar-refractivity contribution is 6.06. The first-order valence-corrected chi connectivity index (χ1v) is 8.41. The molecule has 1 aromatic rings. The number of benzene rings is 1. The third kappa shape index (κ3) is 4.81. The molecule has 1 aliphatic rings. The van der Waals surface area contributed by atoms with Gasteiger partial charge in [-0.1, -0.05) is 30.3 Å². The molecule has 1 aromatic carbocycles. The van der Waals surface area contributed by atoms with Gasteiger partial charge < -0.3 is 15.7 Å². The second kappa shape index (κ2) is 7.99. The van der Waals surface area contributed by atoms with Gasteiger partial charge in [0.25, 0.3) is 5.91 Å². The summed E-state index contributed by atoms with van der Waals surface area (Å²) in [5.74, 6) is -1.88. The number of aliphatic carboxylic acids is 1. The van der Waals surface area contributed by atoms with Crippen molar-refractivity contribution in [3.8, 4) is 0 Å². The average molecular weight is 361 g/mol. The van der Waals surface area contributed by atoms with E-state index in [4.69, 9.17) is 0 Å². The van der Waals surface area contributed by atoms with Crippen LogP contribution >= 0.6 is 0 Å². The molecule has 1 atom stereocenters. The number of carboxylic acids is 1. The first-order chi connectivity index (χ1) is 12.2. The van der Waals surface area contributed by atoms with Crippen LogP contribution in [-0.4, -0.2) is 51.9 Å². The highest BCUT2D eigenvalue weighted by atomic mass is 16.4. The van der Waals surface area contributed by atoms with Crippen molar-refractivity contribution in [2.45, 2.75) is 44.7 Å². The molecule has 0 bridgehead atoms. The van der Waals surface area contributed by atoms with E-state index in [0.29, 0.717) is 0 Å². The van der Waals surface area contributed by atoms with E-state index >= 15 is 0 Å². The molecule has 0 radical (unpaired) electrons. The molecule has 1 saturated heterocycles. The molecule has 8 nitrogen and oxygen atoms in total. The quantitative estimate of drug-likeness (QED) is 0.595. The predicted molar refractivity (Wildman–Crippen MR) is 93.3 cm³/mol. The Morgan fingerprint density at radius 1 is 1.23 bits per heavy atom. The van der Waals surface area contributed by atoms with Gasteiger partial charge in [-0.15, -0.1) is 0 Å². The Balaban J connectivity index is 1.82. The molecule has 1 heterocycles. The molecule has 0 spiro atoms. The normalized spacial score (nSPS) is 16.9. The lowest BCUT2D eigenvalue weighted by Gasteiger charge is -2.17. The van der Waals surface area contributed by atoms with Crippen LogP contribution in [-0.2, 0) is 20.8 Å². The number of urea groups is 1. The summed E-state index contributed by atoms with van der Waals surface area (Å²) < 4.78 is 0. The van der Waals surface area contributed by atoms with E-state index in [0.717, 1.165) is 10.5 Å². The SMILES string of the molecule is CC1(C)NC(=O)N(CCCC(=O)N[C@@H](Cc2ccccc2)C(=O)O)C1=O. The molecule has 8 heteroatoms. The molecule has 2 rings (SSSR count). The van der Waals surface area contributed by atoms with Crippen LogP contribution < -0.4 is 10.6 Å². The molecule has 3 N–H and O–H groups in total. The Hall–Kier alpha value is -2.90. The molecular formula is C18H23N3O5. The summed E-state index contributed by atoms with van der Waals surface area (Å²) in [6.45, 7) is 3.33.